The SMILES string of the molecule is C=C(CBr)c1[nH]ncc1[N+](=O)[O-]. The Hall–Kier alpha value is -1.17. The van der Waals surface area contributed by atoms with Crippen molar-refractivity contribution in [1.29, 1.82) is 0 Å². The topological polar surface area (TPSA) is 71.8 Å². The molecule has 0 aliphatic rings. The Labute approximate surface area is 76.8 Å². The van der Waals surface area contributed by atoms with Gasteiger partial charge in [0.2, 0.25) is 0 Å². The molecule has 0 bridgehead atoms. The van der Waals surface area contributed by atoms with E-state index < -0.39 is 4.92 Å². The fourth-order valence-electron chi connectivity index (χ4n) is 0.745. The maximum atomic E-state index is 10.4. The quantitative estimate of drug-likeness (QED) is 0.490. The van der Waals surface area contributed by atoms with Gasteiger partial charge in [0.1, 0.15) is 11.9 Å². The number of rotatable bonds is 3. The Morgan fingerprint density at radius 2 is 2.58 bits per heavy atom. The number of halogens is 1. The lowest BCUT2D eigenvalue weighted by molar-refractivity contribution is -0.385. The molecule has 0 saturated carbocycles. The molecule has 1 rings (SSSR count). The zero-order valence-electron chi connectivity index (χ0n) is 6.08. The predicted molar refractivity (Wildman–Crippen MR) is 48.1 cm³/mol. The molecule has 1 aromatic heterocycles. The molecule has 0 aromatic carbocycles. The number of aromatic nitrogens is 2. The average molecular weight is 232 g/mol. The summed E-state index contributed by atoms with van der Waals surface area (Å²) in [5.74, 6) is 0. The van der Waals surface area contributed by atoms with Crippen LogP contribution >= 0.6 is 15.9 Å². The first kappa shape index (κ1) is 8.92. The second-order valence-corrected chi connectivity index (χ2v) is 2.69. The molecule has 0 spiro atoms. The van der Waals surface area contributed by atoms with Crippen LogP contribution in [-0.4, -0.2) is 20.5 Å². The van der Waals surface area contributed by atoms with Gasteiger partial charge in [0, 0.05) is 5.33 Å². The number of nitrogens with zero attached hydrogens (tertiary/aromatic N) is 2. The Kier molecular flexibility index (Phi) is 2.59. The normalized spacial score (nSPS) is 9.75. The lowest BCUT2D eigenvalue weighted by atomic mass is 10.2. The number of allylic oxidation sites excluding steroid dienone is 1. The molecule has 0 amide bonds. The third-order valence-corrected chi connectivity index (χ3v) is 2.01. The number of aromatic amines is 1. The van der Waals surface area contributed by atoms with E-state index in [1.54, 1.807) is 0 Å². The molecule has 1 aromatic rings. The summed E-state index contributed by atoms with van der Waals surface area (Å²) in [6.45, 7) is 3.64. The maximum Gasteiger partial charge on any atom is 0.314 e. The monoisotopic (exact) mass is 231 g/mol. The minimum absolute atomic E-state index is 0.0422. The first-order valence-corrected chi connectivity index (χ1v) is 4.21. The second kappa shape index (κ2) is 3.48. The summed E-state index contributed by atoms with van der Waals surface area (Å²) in [6.07, 6.45) is 1.17. The van der Waals surface area contributed by atoms with Gasteiger partial charge in [-0.15, -0.1) is 0 Å². The van der Waals surface area contributed by atoms with Crippen LogP contribution in [0.5, 0.6) is 0 Å². The molecule has 5 nitrogen and oxygen atoms in total. The summed E-state index contributed by atoms with van der Waals surface area (Å²) in [7, 11) is 0. The van der Waals surface area contributed by atoms with Crippen molar-refractivity contribution in [1.82, 2.24) is 10.2 Å². The highest BCUT2D eigenvalue weighted by atomic mass is 79.9. The molecule has 0 radical (unpaired) electrons. The van der Waals surface area contributed by atoms with E-state index in [9.17, 15) is 10.1 Å². The summed E-state index contributed by atoms with van der Waals surface area (Å²) in [6, 6.07) is 0. The van der Waals surface area contributed by atoms with Crippen LogP contribution in [-0.2, 0) is 0 Å². The third kappa shape index (κ3) is 1.53. The highest BCUT2D eigenvalue weighted by molar-refractivity contribution is 9.09. The van der Waals surface area contributed by atoms with Crippen molar-refractivity contribution in [3.05, 3.63) is 28.6 Å². The lowest BCUT2D eigenvalue weighted by Crippen LogP contribution is -1.92. The predicted octanol–water partition coefficient (Wildman–Crippen LogP) is 1.73. The minimum atomic E-state index is -0.493. The Morgan fingerprint density at radius 1 is 1.92 bits per heavy atom. The van der Waals surface area contributed by atoms with Gasteiger partial charge in [-0.1, -0.05) is 22.5 Å². The molecule has 6 heteroatoms. The maximum absolute atomic E-state index is 10.4. The molecule has 0 unspecified atom stereocenters. The molecular formula is C6H6BrN3O2. The van der Waals surface area contributed by atoms with Crippen LogP contribution in [0.3, 0.4) is 0 Å². The number of H-pyrrole nitrogens is 1. The summed E-state index contributed by atoms with van der Waals surface area (Å²) < 4.78 is 0. The Morgan fingerprint density at radius 3 is 3.08 bits per heavy atom. The summed E-state index contributed by atoms with van der Waals surface area (Å²) in [4.78, 5) is 9.90. The van der Waals surface area contributed by atoms with Crippen molar-refractivity contribution in [3.8, 4) is 0 Å². The van der Waals surface area contributed by atoms with E-state index in [4.69, 9.17) is 0 Å². The summed E-state index contributed by atoms with van der Waals surface area (Å²) in [5, 5.41) is 17.0. The van der Waals surface area contributed by atoms with Crippen molar-refractivity contribution >= 4 is 27.2 Å². The first-order chi connectivity index (χ1) is 5.66. The van der Waals surface area contributed by atoms with E-state index >= 15 is 0 Å². The van der Waals surface area contributed by atoms with Gasteiger partial charge in [-0.2, -0.15) is 5.10 Å². The average Bonchev–Trinajstić information content (AvgIpc) is 2.50. The van der Waals surface area contributed by atoms with Gasteiger partial charge >= 0.3 is 5.69 Å². The molecule has 1 N–H and O–H groups in total. The number of hydrogen-bond donors (Lipinski definition) is 1. The molecule has 64 valence electrons. The number of nitrogens with one attached hydrogen (secondary N) is 1. The van der Waals surface area contributed by atoms with Gasteiger partial charge in [-0.25, -0.2) is 0 Å². The molecule has 12 heavy (non-hydrogen) atoms. The molecule has 0 saturated heterocycles. The highest BCUT2D eigenvalue weighted by Crippen LogP contribution is 2.22. The van der Waals surface area contributed by atoms with Crippen molar-refractivity contribution < 1.29 is 4.92 Å². The van der Waals surface area contributed by atoms with Gasteiger partial charge in [0.05, 0.1) is 4.92 Å². The Balaban J connectivity index is 3.07. The van der Waals surface area contributed by atoms with Crippen molar-refractivity contribution in [3.63, 3.8) is 0 Å². The van der Waals surface area contributed by atoms with E-state index in [1.165, 1.54) is 6.20 Å². The van der Waals surface area contributed by atoms with E-state index in [1.807, 2.05) is 0 Å². The van der Waals surface area contributed by atoms with E-state index in [2.05, 4.69) is 32.7 Å². The van der Waals surface area contributed by atoms with Crippen molar-refractivity contribution in [2.75, 3.05) is 5.33 Å². The van der Waals surface area contributed by atoms with Crippen LogP contribution in [0, 0.1) is 10.1 Å². The molecule has 0 atom stereocenters. The summed E-state index contributed by atoms with van der Waals surface area (Å²) >= 11 is 3.15. The number of alkyl halides is 1. The number of nitro groups is 1. The van der Waals surface area contributed by atoms with Gasteiger partial charge < -0.3 is 0 Å². The van der Waals surface area contributed by atoms with Crippen LogP contribution in [0.15, 0.2) is 12.8 Å². The Bertz CT molecular complexity index is 320. The zero-order valence-corrected chi connectivity index (χ0v) is 7.67. The van der Waals surface area contributed by atoms with Crippen LogP contribution in [0.4, 0.5) is 5.69 Å². The minimum Gasteiger partial charge on any atom is -0.271 e. The van der Waals surface area contributed by atoms with Crippen LogP contribution in [0.2, 0.25) is 0 Å². The molecule has 1 heterocycles. The second-order valence-electron chi connectivity index (χ2n) is 2.12. The molecule has 0 aliphatic carbocycles. The zero-order chi connectivity index (χ0) is 9.14. The summed E-state index contributed by atoms with van der Waals surface area (Å²) in [5.41, 5.74) is 0.940. The van der Waals surface area contributed by atoms with Crippen LogP contribution in [0.1, 0.15) is 5.69 Å². The van der Waals surface area contributed by atoms with E-state index in [-0.39, 0.29) is 5.69 Å². The molecule has 0 aliphatic heterocycles. The first-order valence-electron chi connectivity index (χ1n) is 3.08. The molecule has 0 fully saturated rings. The van der Waals surface area contributed by atoms with Crippen LogP contribution < -0.4 is 0 Å². The number of hydrogen-bond acceptors (Lipinski definition) is 3. The van der Waals surface area contributed by atoms with Gasteiger partial charge in [0.15, 0.2) is 0 Å². The van der Waals surface area contributed by atoms with Gasteiger partial charge in [0.25, 0.3) is 0 Å². The fourth-order valence-corrected chi connectivity index (χ4v) is 1.03. The van der Waals surface area contributed by atoms with Gasteiger partial charge in [-0.05, 0) is 5.57 Å². The highest BCUT2D eigenvalue weighted by Gasteiger charge is 2.17. The smallest absolute Gasteiger partial charge is 0.271 e. The van der Waals surface area contributed by atoms with Crippen molar-refractivity contribution in [2.24, 2.45) is 0 Å². The lowest BCUT2D eigenvalue weighted by Gasteiger charge is -1.95. The third-order valence-electron chi connectivity index (χ3n) is 1.33. The standard InChI is InChI=1S/C6H6BrN3O2/c1-4(2-7)6-5(10(11)12)3-8-9-6/h3H,1-2H2,(H,8,9). The van der Waals surface area contributed by atoms with E-state index in [0.29, 0.717) is 16.6 Å². The fraction of sp³-hybridized carbons (Fsp3) is 0.167. The van der Waals surface area contributed by atoms with Gasteiger partial charge in [-0.3, -0.25) is 15.2 Å². The largest absolute Gasteiger partial charge is 0.314 e. The molecular weight excluding hydrogens is 226 g/mol. The van der Waals surface area contributed by atoms with E-state index in [0.717, 1.165) is 0 Å². The van der Waals surface area contributed by atoms with Crippen molar-refractivity contribution in [2.45, 2.75) is 0 Å². The van der Waals surface area contributed by atoms with Crippen LogP contribution in [0.25, 0.3) is 5.57 Å².